The molecule has 0 aliphatic rings. The minimum absolute atomic E-state index is 0.455. The monoisotopic (exact) mass is 208 g/mol. The summed E-state index contributed by atoms with van der Waals surface area (Å²) in [7, 11) is 0. The second-order valence-corrected chi connectivity index (χ2v) is 3.48. The number of aliphatic carboxylic acids is 1. The largest absolute Gasteiger partial charge is 0.479 e. The Bertz CT molecular complexity index is 358. The van der Waals surface area contributed by atoms with Crippen molar-refractivity contribution < 1.29 is 15.0 Å². The molecule has 3 nitrogen and oxygen atoms in total. The number of rotatable bonds is 4. The third-order valence-corrected chi connectivity index (χ3v) is 2.54. The first-order valence-corrected chi connectivity index (χ1v) is 5.12. The van der Waals surface area contributed by atoms with Crippen LogP contribution in [-0.4, -0.2) is 16.2 Å². The molecular weight excluding hydrogens is 192 g/mol. The maximum absolute atomic E-state index is 10.6. The molecule has 1 aromatic carbocycles. The second-order valence-electron chi connectivity index (χ2n) is 3.48. The Hall–Kier alpha value is -1.35. The molecule has 0 fully saturated rings. The van der Waals surface area contributed by atoms with Crippen LogP contribution in [0.2, 0.25) is 0 Å². The Morgan fingerprint density at radius 3 is 2.33 bits per heavy atom. The minimum atomic E-state index is -1.42. The molecule has 0 heterocycles. The molecule has 3 heteroatoms. The maximum Gasteiger partial charge on any atom is 0.337 e. The van der Waals surface area contributed by atoms with E-state index in [0.29, 0.717) is 5.56 Å². The van der Waals surface area contributed by atoms with Gasteiger partial charge in [-0.2, -0.15) is 0 Å². The molecule has 0 aliphatic heterocycles. The van der Waals surface area contributed by atoms with E-state index in [1.807, 2.05) is 13.0 Å². The molecule has 1 rings (SSSR count). The van der Waals surface area contributed by atoms with Crippen LogP contribution in [0.25, 0.3) is 0 Å². The number of carboxylic acids is 1. The molecule has 0 spiro atoms. The molecule has 0 aromatic heterocycles. The lowest BCUT2D eigenvalue weighted by atomic mass is 9.98. The molecule has 0 bridgehead atoms. The highest BCUT2D eigenvalue weighted by molar-refractivity contribution is 5.74. The predicted molar refractivity (Wildman–Crippen MR) is 57.8 cm³/mol. The third-order valence-electron chi connectivity index (χ3n) is 2.54. The van der Waals surface area contributed by atoms with E-state index in [2.05, 4.69) is 6.92 Å². The van der Waals surface area contributed by atoms with Crippen molar-refractivity contribution in [2.24, 2.45) is 0 Å². The molecule has 0 amide bonds. The summed E-state index contributed by atoms with van der Waals surface area (Å²) in [5, 5.41) is 18.1. The molecule has 0 aliphatic carbocycles. The molecule has 1 aromatic rings. The van der Waals surface area contributed by atoms with Crippen molar-refractivity contribution in [2.45, 2.75) is 32.8 Å². The van der Waals surface area contributed by atoms with Gasteiger partial charge in [0.25, 0.3) is 0 Å². The van der Waals surface area contributed by atoms with Gasteiger partial charge in [0.1, 0.15) is 0 Å². The SMILES string of the molecule is CCc1ccc(C(O)C(=O)O)cc1CC. The zero-order valence-corrected chi connectivity index (χ0v) is 9.03. The van der Waals surface area contributed by atoms with E-state index < -0.39 is 12.1 Å². The van der Waals surface area contributed by atoms with Crippen LogP contribution in [0.1, 0.15) is 36.6 Å². The first-order chi connectivity index (χ1) is 7.10. The molecular formula is C12H16O3. The van der Waals surface area contributed by atoms with Crippen LogP contribution in [-0.2, 0) is 17.6 Å². The molecule has 15 heavy (non-hydrogen) atoms. The van der Waals surface area contributed by atoms with Gasteiger partial charge < -0.3 is 10.2 Å². The van der Waals surface area contributed by atoms with E-state index >= 15 is 0 Å². The predicted octanol–water partition coefficient (Wildman–Crippen LogP) is 1.93. The van der Waals surface area contributed by atoms with Gasteiger partial charge in [-0.25, -0.2) is 4.79 Å². The van der Waals surface area contributed by atoms with Gasteiger partial charge in [-0.15, -0.1) is 0 Å². The van der Waals surface area contributed by atoms with E-state index in [4.69, 9.17) is 5.11 Å². The van der Waals surface area contributed by atoms with Gasteiger partial charge in [0, 0.05) is 0 Å². The average Bonchev–Trinajstić information content (AvgIpc) is 2.26. The number of carbonyl (C=O) groups is 1. The first-order valence-electron chi connectivity index (χ1n) is 5.12. The molecule has 0 saturated heterocycles. The summed E-state index contributed by atoms with van der Waals surface area (Å²) >= 11 is 0. The highest BCUT2D eigenvalue weighted by Crippen LogP contribution is 2.19. The number of carboxylic acid groups (broad SMARTS) is 1. The van der Waals surface area contributed by atoms with Gasteiger partial charge in [0.2, 0.25) is 0 Å². The summed E-state index contributed by atoms with van der Waals surface area (Å²) in [6.07, 6.45) is 0.358. The molecule has 1 atom stereocenters. The zero-order chi connectivity index (χ0) is 11.4. The Morgan fingerprint density at radius 2 is 1.87 bits per heavy atom. The van der Waals surface area contributed by atoms with Gasteiger partial charge in [-0.1, -0.05) is 32.0 Å². The fraction of sp³-hybridized carbons (Fsp3) is 0.417. The van der Waals surface area contributed by atoms with E-state index in [9.17, 15) is 9.90 Å². The van der Waals surface area contributed by atoms with Gasteiger partial charge >= 0.3 is 5.97 Å². The number of aliphatic hydroxyl groups is 1. The van der Waals surface area contributed by atoms with Crippen LogP contribution in [0.15, 0.2) is 18.2 Å². The van der Waals surface area contributed by atoms with Gasteiger partial charge in [-0.05, 0) is 29.5 Å². The summed E-state index contributed by atoms with van der Waals surface area (Å²) in [4.78, 5) is 10.6. The zero-order valence-electron chi connectivity index (χ0n) is 9.03. The summed E-state index contributed by atoms with van der Waals surface area (Å²) in [5.74, 6) is -1.21. The molecule has 2 N–H and O–H groups in total. The summed E-state index contributed by atoms with van der Waals surface area (Å²) in [6.45, 7) is 4.08. The Balaban J connectivity index is 3.07. The van der Waals surface area contributed by atoms with Crippen molar-refractivity contribution in [3.63, 3.8) is 0 Å². The second kappa shape index (κ2) is 4.94. The third kappa shape index (κ3) is 2.57. The fourth-order valence-electron chi connectivity index (χ4n) is 1.63. The quantitative estimate of drug-likeness (QED) is 0.794. The lowest BCUT2D eigenvalue weighted by Crippen LogP contribution is -2.11. The van der Waals surface area contributed by atoms with Crippen LogP contribution in [0.3, 0.4) is 0 Å². The Morgan fingerprint density at radius 1 is 1.27 bits per heavy atom. The summed E-state index contributed by atoms with van der Waals surface area (Å²) in [6, 6.07) is 5.34. The van der Waals surface area contributed by atoms with E-state index in [1.54, 1.807) is 12.1 Å². The van der Waals surface area contributed by atoms with Gasteiger partial charge in [0.15, 0.2) is 6.10 Å². The molecule has 0 radical (unpaired) electrons. The van der Waals surface area contributed by atoms with Crippen LogP contribution in [0, 0.1) is 0 Å². The van der Waals surface area contributed by atoms with Gasteiger partial charge in [-0.3, -0.25) is 0 Å². The average molecular weight is 208 g/mol. The van der Waals surface area contributed by atoms with Gasteiger partial charge in [0.05, 0.1) is 0 Å². The summed E-state index contributed by atoms with van der Waals surface area (Å²) in [5.41, 5.74) is 2.77. The van der Waals surface area contributed by atoms with Crippen molar-refractivity contribution >= 4 is 5.97 Å². The lowest BCUT2D eigenvalue weighted by Gasteiger charge is -2.10. The fourth-order valence-corrected chi connectivity index (χ4v) is 1.63. The Labute approximate surface area is 89.4 Å². The number of aliphatic hydroxyl groups excluding tert-OH is 1. The number of hydrogen-bond donors (Lipinski definition) is 2. The number of aryl methyl sites for hydroxylation is 2. The first kappa shape index (κ1) is 11.7. The van der Waals surface area contributed by atoms with E-state index in [0.717, 1.165) is 18.4 Å². The highest BCUT2D eigenvalue weighted by atomic mass is 16.4. The molecule has 82 valence electrons. The standard InChI is InChI=1S/C12H16O3/c1-3-8-5-6-10(7-9(8)4-2)11(13)12(14)15/h5-7,11,13H,3-4H2,1-2H3,(H,14,15). The van der Waals surface area contributed by atoms with Crippen molar-refractivity contribution in [3.8, 4) is 0 Å². The van der Waals surface area contributed by atoms with Crippen molar-refractivity contribution in [3.05, 3.63) is 34.9 Å². The van der Waals surface area contributed by atoms with E-state index in [-0.39, 0.29) is 0 Å². The van der Waals surface area contributed by atoms with Crippen LogP contribution < -0.4 is 0 Å². The lowest BCUT2D eigenvalue weighted by molar-refractivity contribution is -0.146. The van der Waals surface area contributed by atoms with Crippen LogP contribution in [0.4, 0.5) is 0 Å². The van der Waals surface area contributed by atoms with Crippen LogP contribution >= 0.6 is 0 Å². The maximum atomic E-state index is 10.6. The number of hydrogen-bond acceptors (Lipinski definition) is 2. The number of benzene rings is 1. The van der Waals surface area contributed by atoms with Crippen molar-refractivity contribution in [2.75, 3.05) is 0 Å². The molecule has 1 unspecified atom stereocenters. The van der Waals surface area contributed by atoms with Crippen molar-refractivity contribution in [1.82, 2.24) is 0 Å². The Kier molecular flexibility index (Phi) is 3.86. The van der Waals surface area contributed by atoms with Crippen LogP contribution in [0.5, 0.6) is 0 Å². The smallest absolute Gasteiger partial charge is 0.337 e. The van der Waals surface area contributed by atoms with Crippen molar-refractivity contribution in [1.29, 1.82) is 0 Å². The van der Waals surface area contributed by atoms with E-state index in [1.165, 1.54) is 5.56 Å². The summed E-state index contributed by atoms with van der Waals surface area (Å²) < 4.78 is 0. The topological polar surface area (TPSA) is 57.5 Å². The molecule has 0 saturated carbocycles. The minimum Gasteiger partial charge on any atom is -0.479 e. The highest BCUT2D eigenvalue weighted by Gasteiger charge is 2.16. The normalized spacial score (nSPS) is 12.5.